The summed E-state index contributed by atoms with van der Waals surface area (Å²) < 4.78 is 0. The van der Waals surface area contributed by atoms with Gasteiger partial charge in [-0.2, -0.15) is 0 Å². The van der Waals surface area contributed by atoms with Gasteiger partial charge >= 0.3 is 18.0 Å². The molecule has 0 aliphatic rings. The van der Waals surface area contributed by atoms with Gasteiger partial charge in [-0.1, -0.05) is 0 Å². The molecule has 6 N–H and O–H groups in total. The van der Waals surface area contributed by atoms with E-state index in [1.807, 2.05) is 0 Å². The van der Waals surface area contributed by atoms with Crippen molar-refractivity contribution in [2.24, 2.45) is 5.73 Å². The van der Waals surface area contributed by atoms with Gasteiger partial charge < -0.3 is 26.6 Å². The molecular formula is C10H19N3O5. The molecule has 8 heteroatoms. The van der Waals surface area contributed by atoms with Gasteiger partial charge in [-0.25, -0.2) is 9.59 Å². The Morgan fingerprint density at radius 1 is 1.17 bits per heavy atom. The van der Waals surface area contributed by atoms with Gasteiger partial charge in [0.1, 0.15) is 6.04 Å². The zero-order valence-electron chi connectivity index (χ0n) is 10.0. The third-order valence-electron chi connectivity index (χ3n) is 2.15. The number of carbonyl (C=O) groups is 3. The first-order valence-corrected chi connectivity index (χ1v) is 5.66. The highest BCUT2D eigenvalue weighted by atomic mass is 16.4. The predicted molar refractivity (Wildman–Crippen MR) is 63.1 cm³/mol. The lowest BCUT2D eigenvalue weighted by atomic mass is 10.1. The highest BCUT2D eigenvalue weighted by molar-refractivity contribution is 5.82. The summed E-state index contributed by atoms with van der Waals surface area (Å²) in [5, 5.41) is 22.0. The molecule has 0 aromatic heterocycles. The first-order chi connectivity index (χ1) is 8.47. The molecule has 0 spiro atoms. The second-order valence-corrected chi connectivity index (χ2v) is 3.72. The van der Waals surface area contributed by atoms with Gasteiger partial charge in [-0.05, 0) is 25.8 Å². The summed E-state index contributed by atoms with van der Waals surface area (Å²) in [5.41, 5.74) is 5.24. The molecule has 0 saturated carbocycles. The number of amides is 2. The van der Waals surface area contributed by atoms with E-state index >= 15 is 0 Å². The number of carboxylic acids is 2. The third-order valence-corrected chi connectivity index (χ3v) is 2.15. The fourth-order valence-corrected chi connectivity index (χ4v) is 1.23. The number of nitrogens with two attached hydrogens (primary N) is 1. The maximum Gasteiger partial charge on any atom is 0.326 e. The Balaban J connectivity index is 3.99. The van der Waals surface area contributed by atoms with Crippen molar-refractivity contribution in [3.63, 3.8) is 0 Å². The zero-order valence-corrected chi connectivity index (χ0v) is 10.0. The average molecular weight is 261 g/mol. The molecule has 0 aliphatic carbocycles. The molecule has 0 aromatic carbocycles. The van der Waals surface area contributed by atoms with Crippen molar-refractivity contribution < 1.29 is 24.6 Å². The highest BCUT2D eigenvalue weighted by Gasteiger charge is 2.19. The Morgan fingerprint density at radius 3 is 2.33 bits per heavy atom. The van der Waals surface area contributed by atoms with Crippen LogP contribution in [0.3, 0.4) is 0 Å². The number of carbonyl (C=O) groups excluding carboxylic acids is 1. The number of hydrogen-bond acceptors (Lipinski definition) is 4. The van der Waals surface area contributed by atoms with Crippen LogP contribution in [0.1, 0.15) is 25.7 Å². The van der Waals surface area contributed by atoms with E-state index in [1.54, 1.807) is 0 Å². The van der Waals surface area contributed by atoms with Crippen LogP contribution >= 0.6 is 0 Å². The third kappa shape index (κ3) is 8.34. The second-order valence-electron chi connectivity index (χ2n) is 3.72. The van der Waals surface area contributed by atoms with Crippen LogP contribution in [0.15, 0.2) is 0 Å². The first-order valence-electron chi connectivity index (χ1n) is 5.66. The predicted octanol–water partition coefficient (Wildman–Crippen LogP) is -0.657. The van der Waals surface area contributed by atoms with Crippen LogP contribution in [0.25, 0.3) is 0 Å². The standard InChI is InChI=1S/C10H19N3O5/c11-5-2-6-12-10(18)13-7(9(16)17)3-1-4-8(14)15/h7H,1-6,11H2,(H,14,15)(H,16,17)(H2,12,13,18)/t7-/m1/s1. The van der Waals surface area contributed by atoms with Gasteiger partial charge in [-0.3, -0.25) is 4.79 Å². The van der Waals surface area contributed by atoms with Crippen molar-refractivity contribution in [2.75, 3.05) is 13.1 Å². The average Bonchev–Trinajstić information content (AvgIpc) is 2.27. The lowest BCUT2D eigenvalue weighted by Gasteiger charge is -2.14. The Kier molecular flexibility index (Phi) is 8.29. The highest BCUT2D eigenvalue weighted by Crippen LogP contribution is 2.01. The molecule has 2 amide bonds. The molecule has 0 unspecified atom stereocenters. The van der Waals surface area contributed by atoms with Gasteiger partial charge in [-0.15, -0.1) is 0 Å². The van der Waals surface area contributed by atoms with Gasteiger partial charge in [0.2, 0.25) is 0 Å². The van der Waals surface area contributed by atoms with Gasteiger partial charge in [0.15, 0.2) is 0 Å². The molecule has 0 saturated heterocycles. The monoisotopic (exact) mass is 261 g/mol. The topological polar surface area (TPSA) is 142 Å². The number of hydrogen-bond donors (Lipinski definition) is 5. The van der Waals surface area contributed by atoms with Crippen LogP contribution in [0.2, 0.25) is 0 Å². The maximum absolute atomic E-state index is 11.3. The van der Waals surface area contributed by atoms with E-state index in [9.17, 15) is 14.4 Å². The van der Waals surface area contributed by atoms with E-state index in [0.29, 0.717) is 19.5 Å². The summed E-state index contributed by atoms with van der Waals surface area (Å²) >= 11 is 0. The Bertz CT molecular complexity index is 295. The smallest absolute Gasteiger partial charge is 0.326 e. The summed E-state index contributed by atoms with van der Waals surface area (Å²) in [7, 11) is 0. The summed E-state index contributed by atoms with van der Waals surface area (Å²) in [6.45, 7) is 0.797. The van der Waals surface area contributed by atoms with Crippen LogP contribution < -0.4 is 16.4 Å². The largest absolute Gasteiger partial charge is 0.481 e. The zero-order chi connectivity index (χ0) is 14.0. The van der Waals surface area contributed by atoms with E-state index in [0.717, 1.165) is 0 Å². The molecule has 0 radical (unpaired) electrons. The SMILES string of the molecule is NCCCNC(=O)N[C@H](CCCC(=O)O)C(=O)O. The Morgan fingerprint density at radius 2 is 1.83 bits per heavy atom. The number of nitrogens with one attached hydrogen (secondary N) is 2. The van der Waals surface area contributed by atoms with Gasteiger partial charge in [0, 0.05) is 13.0 Å². The molecule has 0 bridgehead atoms. The molecule has 18 heavy (non-hydrogen) atoms. The summed E-state index contributed by atoms with van der Waals surface area (Å²) in [6, 6.07) is -1.67. The molecule has 1 atom stereocenters. The lowest BCUT2D eigenvalue weighted by molar-refractivity contribution is -0.140. The Labute approximate surface area is 105 Å². The normalized spacial score (nSPS) is 11.6. The fourth-order valence-electron chi connectivity index (χ4n) is 1.23. The molecule has 0 fully saturated rings. The number of urea groups is 1. The van der Waals surface area contributed by atoms with Gasteiger partial charge in [0.05, 0.1) is 0 Å². The van der Waals surface area contributed by atoms with Crippen molar-refractivity contribution in [2.45, 2.75) is 31.7 Å². The summed E-state index contributed by atoms with van der Waals surface area (Å²) in [5.74, 6) is -2.18. The molecule has 8 nitrogen and oxygen atoms in total. The summed E-state index contributed by atoms with van der Waals surface area (Å²) in [4.78, 5) is 32.4. The number of carboxylic acid groups (broad SMARTS) is 2. The number of rotatable bonds is 9. The van der Waals surface area contributed by atoms with Gasteiger partial charge in [0.25, 0.3) is 0 Å². The van der Waals surface area contributed by atoms with Crippen LogP contribution in [0.4, 0.5) is 4.79 Å². The molecule has 0 aromatic rings. The van der Waals surface area contributed by atoms with Crippen LogP contribution in [0.5, 0.6) is 0 Å². The van der Waals surface area contributed by atoms with Crippen molar-refractivity contribution in [1.29, 1.82) is 0 Å². The van der Waals surface area contributed by atoms with Crippen molar-refractivity contribution in [1.82, 2.24) is 10.6 Å². The van der Waals surface area contributed by atoms with E-state index in [1.165, 1.54) is 0 Å². The summed E-state index contributed by atoms with van der Waals surface area (Å²) in [6.07, 6.45) is 0.742. The van der Waals surface area contributed by atoms with Crippen molar-refractivity contribution in [3.8, 4) is 0 Å². The van der Waals surface area contributed by atoms with E-state index in [2.05, 4.69) is 10.6 Å². The Hall–Kier alpha value is -1.83. The molecule has 0 heterocycles. The van der Waals surface area contributed by atoms with Crippen molar-refractivity contribution in [3.05, 3.63) is 0 Å². The van der Waals surface area contributed by atoms with E-state index < -0.39 is 24.0 Å². The maximum atomic E-state index is 11.3. The first kappa shape index (κ1) is 16.2. The minimum absolute atomic E-state index is 0.0753. The second kappa shape index (κ2) is 9.23. The molecule has 104 valence electrons. The van der Waals surface area contributed by atoms with Crippen LogP contribution in [-0.4, -0.2) is 47.3 Å². The minimum Gasteiger partial charge on any atom is -0.481 e. The number of aliphatic carboxylic acids is 2. The minimum atomic E-state index is -1.19. The van der Waals surface area contributed by atoms with Crippen LogP contribution in [0, 0.1) is 0 Å². The molecular weight excluding hydrogens is 242 g/mol. The van der Waals surface area contributed by atoms with Crippen molar-refractivity contribution >= 4 is 18.0 Å². The molecule has 0 rings (SSSR count). The quantitative estimate of drug-likeness (QED) is 0.349. The van der Waals surface area contributed by atoms with Crippen LogP contribution in [-0.2, 0) is 9.59 Å². The van der Waals surface area contributed by atoms with E-state index in [-0.39, 0.29) is 19.3 Å². The van der Waals surface area contributed by atoms with E-state index in [4.69, 9.17) is 15.9 Å². The lowest BCUT2D eigenvalue weighted by Crippen LogP contribution is -2.46. The molecule has 0 aliphatic heterocycles. The fraction of sp³-hybridized carbons (Fsp3) is 0.700.